The Kier molecular flexibility index (Phi) is 7.87. The van der Waals surface area contributed by atoms with E-state index in [1.54, 1.807) is 0 Å². The maximum absolute atomic E-state index is 5.77. The molecule has 1 saturated carbocycles. The molecule has 0 bridgehead atoms. The monoisotopic (exact) mass is 241 g/mol. The van der Waals surface area contributed by atoms with E-state index in [4.69, 9.17) is 4.74 Å². The van der Waals surface area contributed by atoms with Gasteiger partial charge in [-0.15, -0.1) is 0 Å². The predicted octanol–water partition coefficient (Wildman–Crippen LogP) is 3.61. The second-order valence-corrected chi connectivity index (χ2v) is 5.57. The summed E-state index contributed by atoms with van der Waals surface area (Å²) in [7, 11) is 0. The zero-order valence-electron chi connectivity index (χ0n) is 12.0. The largest absolute Gasteiger partial charge is 0.380 e. The first-order valence-corrected chi connectivity index (χ1v) is 7.59. The maximum atomic E-state index is 5.77. The highest BCUT2D eigenvalue weighted by molar-refractivity contribution is 4.82. The van der Waals surface area contributed by atoms with Gasteiger partial charge in [0.1, 0.15) is 0 Å². The van der Waals surface area contributed by atoms with Crippen LogP contribution >= 0.6 is 0 Å². The minimum Gasteiger partial charge on any atom is -0.380 e. The molecule has 1 aliphatic carbocycles. The van der Waals surface area contributed by atoms with E-state index >= 15 is 0 Å². The molecule has 0 amide bonds. The third kappa shape index (κ3) is 7.05. The standard InChI is InChI=1S/C15H31NO/c1-4-6-7-14(5-2)12-17-11-10-16-13(3)15-8-9-15/h13-16H,4-12H2,1-3H3. The lowest BCUT2D eigenvalue weighted by Gasteiger charge is -2.16. The Morgan fingerprint density at radius 3 is 2.65 bits per heavy atom. The number of nitrogens with one attached hydrogen (secondary N) is 1. The molecule has 2 unspecified atom stereocenters. The van der Waals surface area contributed by atoms with Gasteiger partial charge in [0.05, 0.1) is 6.61 Å². The molecule has 0 aromatic carbocycles. The van der Waals surface area contributed by atoms with Gasteiger partial charge in [0.2, 0.25) is 0 Å². The molecular weight excluding hydrogens is 210 g/mol. The van der Waals surface area contributed by atoms with Gasteiger partial charge in [-0.2, -0.15) is 0 Å². The minimum absolute atomic E-state index is 0.695. The van der Waals surface area contributed by atoms with E-state index in [2.05, 4.69) is 26.1 Å². The van der Waals surface area contributed by atoms with E-state index in [9.17, 15) is 0 Å². The third-order valence-corrected chi connectivity index (χ3v) is 3.94. The second-order valence-electron chi connectivity index (χ2n) is 5.57. The number of ether oxygens (including phenoxy) is 1. The van der Waals surface area contributed by atoms with Crippen molar-refractivity contribution in [2.24, 2.45) is 11.8 Å². The van der Waals surface area contributed by atoms with Crippen molar-refractivity contribution < 1.29 is 4.74 Å². The van der Waals surface area contributed by atoms with Crippen LogP contribution in [0.15, 0.2) is 0 Å². The average molecular weight is 241 g/mol. The lowest BCUT2D eigenvalue weighted by atomic mass is 10.0. The van der Waals surface area contributed by atoms with E-state index in [1.807, 2.05) is 0 Å². The Hall–Kier alpha value is -0.0800. The van der Waals surface area contributed by atoms with E-state index in [0.717, 1.165) is 31.6 Å². The lowest BCUT2D eigenvalue weighted by Crippen LogP contribution is -2.31. The number of hydrogen-bond donors (Lipinski definition) is 1. The minimum atomic E-state index is 0.695. The molecule has 1 aliphatic rings. The molecule has 17 heavy (non-hydrogen) atoms. The smallest absolute Gasteiger partial charge is 0.0591 e. The first-order valence-electron chi connectivity index (χ1n) is 7.59. The Balaban J connectivity index is 1.90. The average Bonchev–Trinajstić information content (AvgIpc) is 3.16. The fourth-order valence-electron chi connectivity index (χ4n) is 2.27. The quantitative estimate of drug-likeness (QED) is 0.558. The molecule has 0 spiro atoms. The van der Waals surface area contributed by atoms with Crippen LogP contribution in [-0.2, 0) is 4.74 Å². The summed E-state index contributed by atoms with van der Waals surface area (Å²) in [5.41, 5.74) is 0. The molecule has 1 rings (SSSR count). The SMILES string of the molecule is CCCCC(CC)COCCNC(C)C1CC1. The fourth-order valence-corrected chi connectivity index (χ4v) is 2.27. The summed E-state index contributed by atoms with van der Waals surface area (Å²) < 4.78 is 5.77. The highest BCUT2D eigenvalue weighted by Gasteiger charge is 2.27. The lowest BCUT2D eigenvalue weighted by molar-refractivity contribution is 0.0941. The van der Waals surface area contributed by atoms with Gasteiger partial charge in [-0.1, -0.05) is 33.1 Å². The van der Waals surface area contributed by atoms with E-state index in [0.29, 0.717) is 6.04 Å². The highest BCUT2D eigenvalue weighted by Crippen LogP contribution is 2.32. The van der Waals surface area contributed by atoms with Crippen LogP contribution in [0.2, 0.25) is 0 Å². The van der Waals surface area contributed by atoms with Crippen LogP contribution in [0.4, 0.5) is 0 Å². The molecule has 0 radical (unpaired) electrons. The van der Waals surface area contributed by atoms with Crippen LogP contribution < -0.4 is 5.32 Å². The summed E-state index contributed by atoms with van der Waals surface area (Å²) in [6.45, 7) is 9.68. The van der Waals surface area contributed by atoms with Crippen molar-refractivity contribution in [2.45, 2.75) is 65.3 Å². The van der Waals surface area contributed by atoms with E-state index in [1.165, 1.54) is 38.5 Å². The van der Waals surface area contributed by atoms with Gasteiger partial charge >= 0.3 is 0 Å². The van der Waals surface area contributed by atoms with Gasteiger partial charge in [0.25, 0.3) is 0 Å². The van der Waals surface area contributed by atoms with Gasteiger partial charge in [-0.05, 0) is 38.0 Å². The number of unbranched alkanes of at least 4 members (excludes halogenated alkanes) is 1. The summed E-state index contributed by atoms with van der Waals surface area (Å²) in [6.07, 6.45) is 8.08. The van der Waals surface area contributed by atoms with Crippen molar-refractivity contribution in [1.82, 2.24) is 5.32 Å². The molecule has 2 nitrogen and oxygen atoms in total. The normalized spacial score (nSPS) is 19.2. The zero-order chi connectivity index (χ0) is 12.5. The molecule has 0 aliphatic heterocycles. The van der Waals surface area contributed by atoms with Crippen molar-refractivity contribution in [3.05, 3.63) is 0 Å². The molecule has 2 atom stereocenters. The van der Waals surface area contributed by atoms with Crippen molar-refractivity contribution in [1.29, 1.82) is 0 Å². The molecule has 0 saturated heterocycles. The predicted molar refractivity (Wildman–Crippen MR) is 74.3 cm³/mol. The summed E-state index contributed by atoms with van der Waals surface area (Å²) in [4.78, 5) is 0. The number of rotatable bonds is 11. The van der Waals surface area contributed by atoms with Gasteiger partial charge in [-0.25, -0.2) is 0 Å². The van der Waals surface area contributed by atoms with Crippen molar-refractivity contribution >= 4 is 0 Å². The van der Waals surface area contributed by atoms with Crippen LogP contribution in [0.1, 0.15) is 59.3 Å². The first kappa shape index (κ1) is 15.0. The Morgan fingerprint density at radius 2 is 2.06 bits per heavy atom. The topological polar surface area (TPSA) is 21.3 Å². The van der Waals surface area contributed by atoms with Crippen molar-refractivity contribution in [2.75, 3.05) is 19.8 Å². The van der Waals surface area contributed by atoms with Crippen LogP contribution in [-0.4, -0.2) is 25.8 Å². The van der Waals surface area contributed by atoms with Crippen molar-refractivity contribution in [3.8, 4) is 0 Å². The summed E-state index contributed by atoms with van der Waals surface area (Å²) >= 11 is 0. The molecular formula is C15H31NO. The molecule has 0 heterocycles. The molecule has 0 aromatic heterocycles. The Labute approximate surface area is 108 Å². The van der Waals surface area contributed by atoms with Crippen LogP contribution in [0.25, 0.3) is 0 Å². The van der Waals surface area contributed by atoms with E-state index < -0.39 is 0 Å². The number of hydrogen-bond acceptors (Lipinski definition) is 2. The van der Waals surface area contributed by atoms with Crippen LogP contribution in [0, 0.1) is 11.8 Å². The van der Waals surface area contributed by atoms with Gasteiger partial charge in [0, 0.05) is 19.2 Å². The molecule has 0 aromatic rings. The highest BCUT2D eigenvalue weighted by atomic mass is 16.5. The molecule has 1 fully saturated rings. The summed E-state index contributed by atoms with van der Waals surface area (Å²) in [6, 6.07) is 0.695. The summed E-state index contributed by atoms with van der Waals surface area (Å²) in [5, 5.41) is 3.55. The van der Waals surface area contributed by atoms with E-state index in [-0.39, 0.29) is 0 Å². The second kappa shape index (κ2) is 8.93. The molecule has 2 heteroatoms. The van der Waals surface area contributed by atoms with Crippen LogP contribution in [0.5, 0.6) is 0 Å². The summed E-state index contributed by atoms with van der Waals surface area (Å²) in [5.74, 6) is 1.72. The molecule has 102 valence electrons. The fraction of sp³-hybridized carbons (Fsp3) is 1.00. The van der Waals surface area contributed by atoms with Gasteiger partial charge < -0.3 is 10.1 Å². The molecule has 1 N–H and O–H groups in total. The Morgan fingerprint density at radius 1 is 1.29 bits per heavy atom. The maximum Gasteiger partial charge on any atom is 0.0591 e. The Bertz CT molecular complexity index is 180. The zero-order valence-corrected chi connectivity index (χ0v) is 12.0. The third-order valence-electron chi connectivity index (χ3n) is 3.94. The van der Waals surface area contributed by atoms with Crippen LogP contribution in [0.3, 0.4) is 0 Å². The van der Waals surface area contributed by atoms with Gasteiger partial charge in [0.15, 0.2) is 0 Å². The first-order chi connectivity index (χ1) is 8.27. The van der Waals surface area contributed by atoms with Gasteiger partial charge in [-0.3, -0.25) is 0 Å². The van der Waals surface area contributed by atoms with Crippen molar-refractivity contribution in [3.63, 3.8) is 0 Å².